The van der Waals surface area contributed by atoms with Crippen molar-refractivity contribution in [2.24, 2.45) is 0 Å². The van der Waals surface area contributed by atoms with Gasteiger partial charge in [-0.2, -0.15) is 0 Å². The van der Waals surface area contributed by atoms with Gasteiger partial charge in [0.2, 0.25) is 0 Å². The first kappa shape index (κ1) is 21.0. The van der Waals surface area contributed by atoms with Crippen molar-refractivity contribution in [1.82, 2.24) is 15.5 Å². The number of alkyl halides is 1. The minimum atomic E-state index is -0.529. The van der Waals surface area contributed by atoms with E-state index in [0.717, 1.165) is 37.1 Å². The number of carbonyl (C=O) groups is 1. The molecule has 156 valence electrons. The summed E-state index contributed by atoms with van der Waals surface area (Å²) in [5, 5.41) is 6.30. The highest BCUT2D eigenvalue weighted by Crippen LogP contribution is 2.17. The second-order valence-electron chi connectivity index (χ2n) is 7.08. The van der Waals surface area contributed by atoms with Crippen LogP contribution < -0.4 is 15.4 Å². The molecule has 5 nitrogen and oxygen atoms in total. The van der Waals surface area contributed by atoms with Crippen LogP contribution in [0.25, 0.3) is 0 Å². The fraction of sp³-hybridized carbons (Fsp3) is 0.409. The minimum Gasteiger partial charge on any atom is -0.491 e. The second-order valence-corrected chi connectivity index (χ2v) is 7.08. The number of ether oxygens (including phenoxy) is 1. The van der Waals surface area contributed by atoms with E-state index in [-0.39, 0.29) is 24.5 Å². The Bertz CT molecular complexity index is 763. The number of carbonyl (C=O) groups excluding carboxylic acids is 1. The van der Waals surface area contributed by atoms with E-state index in [0.29, 0.717) is 18.8 Å². The molecule has 2 aromatic carbocycles. The van der Waals surface area contributed by atoms with Gasteiger partial charge in [0.1, 0.15) is 24.8 Å². The van der Waals surface area contributed by atoms with E-state index >= 15 is 0 Å². The van der Waals surface area contributed by atoms with Crippen molar-refractivity contribution in [3.05, 3.63) is 65.5 Å². The summed E-state index contributed by atoms with van der Waals surface area (Å²) in [4.78, 5) is 14.8. The monoisotopic (exact) mass is 403 g/mol. The predicted octanol–water partition coefficient (Wildman–Crippen LogP) is 3.64. The molecule has 2 amide bonds. The van der Waals surface area contributed by atoms with Crippen LogP contribution in [0, 0.1) is 5.82 Å². The Balaban J connectivity index is 1.61. The molecule has 0 unspecified atom stereocenters. The van der Waals surface area contributed by atoms with Crippen LogP contribution in [-0.2, 0) is 13.1 Å². The minimum absolute atomic E-state index is 0.0324. The van der Waals surface area contributed by atoms with Gasteiger partial charge in [-0.15, -0.1) is 0 Å². The Morgan fingerprint density at radius 3 is 2.38 bits per heavy atom. The number of nitrogens with one attached hydrogen (secondary N) is 2. The van der Waals surface area contributed by atoms with E-state index in [9.17, 15) is 13.6 Å². The Hall–Kier alpha value is -2.67. The van der Waals surface area contributed by atoms with Gasteiger partial charge in [-0.25, -0.2) is 13.6 Å². The van der Waals surface area contributed by atoms with Gasteiger partial charge in [-0.3, -0.25) is 0 Å². The van der Waals surface area contributed by atoms with Crippen molar-refractivity contribution < 1.29 is 18.3 Å². The van der Waals surface area contributed by atoms with E-state index < -0.39 is 6.67 Å². The molecular formula is C22H27F2N3O2. The molecule has 0 atom stereocenters. The molecule has 0 aliphatic carbocycles. The van der Waals surface area contributed by atoms with Gasteiger partial charge in [0, 0.05) is 19.1 Å². The zero-order valence-electron chi connectivity index (χ0n) is 16.4. The van der Waals surface area contributed by atoms with Crippen molar-refractivity contribution in [1.29, 1.82) is 0 Å². The fourth-order valence-electron chi connectivity index (χ4n) is 3.41. The molecule has 0 bridgehead atoms. The third-order valence-corrected chi connectivity index (χ3v) is 4.99. The maximum atomic E-state index is 13.2. The first-order valence-electron chi connectivity index (χ1n) is 9.93. The number of benzene rings is 2. The van der Waals surface area contributed by atoms with Gasteiger partial charge in [0.25, 0.3) is 0 Å². The van der Waals surface area contributed by atoms with Crippen molar-refractivity contribution in [2.45, 2.75) is 32.0 Å². The number of piperidine rings is 1. The standard InChI is InChI=1S/C22H27F2N3O2/c23-11-14-29-21-7-3-17(4-8-21)15-26-22(28)27(20-9-12-25-13-10-20)16-18-1-5-19(24)6-2-18/h1-8,20,25H,9-16H2,(H,26,28). The molecule has 0 spiro atoms. The highest BCUT2D eigenvalue weighted by atomic mass is 19.1. The lowest BCUT2D eigenvalue weighted by molar-refractivity contribution is 0.154. The molecule has 7 heteroatoms. The maximum absolute atomic E-state index is 13.2. The van der Waals surface area contributed by atoms with Crippen LogP contribution >= 0.6 is 0 Å². The Labute approximate surface area is 170 Å². The Kier molecular flexibility index (Phi) is 7.81. The Morgan fingerprint density at radius 1 is 1.07 bits per heavy atom. The van der Waals surface area contributed by atoms with E-state index in [1.807, 2.05) is 17.0 Å². The molecule has 1 aliphatic heterocycles. The summed E-state index contributed by atoms with van der Waals surface area (Å²) in [5.74, 6) is 0.316. The number of hydrogen-bond acceptors (Lipinski definition) is 3. The lowest BCUT2D eigenvalue weighted by Crippen LogP contribution is -2.49. The number of urea groups is 1. The van der Waals surface area contributed by atoms with Gasteiger partial charge in [-0.1, -0.05) is 24.3 Å². The maximum Gasteiger partial charge on any atom is 0.318 e. The van der Waals surface area contributed by atoms with E-state index in [4.69, 9.17) is 4.74 Å². The SMILES string of the molecule is O=C(NCc1ccc(OCCF)cc1)N(Cc1ccc(F)cc1)C1CCNCC1. The summed E-state index contributed by atoms with van der Waals surface area (Å²) in [5.41, 5.74) is 1.83. The summed E-state index contributed by atoms with van der Waals surface area (Å²) in [6.07, 6.45) is 1.77. The summed E-state index contributed by atoms with van der Waals surface area (Å²) in [6.45, 7) is 2.07. The smallest absolute Gasteiger partial charge is 0.318 e. The van der Waals surface area contributed by atoms with Crippen molar-refractivity contribution in [3.63, 3.8) is 0 Å². The quantitative estimate of drug-likeness (QED) is 0.708. The summed E-state index contributed by atoms with van der Waals surface area (Å²) >= 11 is 0. The van der Waals surface area contributed by atoms with Crippen LogP contribution in [0.1, 0.15) is 24.0 Å². The molecule has 1 aliphatic rings. The number of hydrogen-bond donors (Lipinski definition) is 2. The van der Waals surface area contributed by atoms with Gasteiger partial charge in [0.15, 0.2) is 0 Å². The van der Waals surface area contributed by atoms with E-state index in [1.54, 1.807) is 24.3 Å². The van der Waals surface area contributed by atoms with Crippen molar-refractivity contribution >= 4 is 6.03 Å². The number of halogens is 2. The zero-order valence-corrected chi connectivity index (χ0v) is 16.4. The Morgan fingerprint density at radius 2 is 1.72 bits per heavy atom. The summed E-state index contributed by atoms with van der Waals surface area (Å²) in [6, 6.07) is 13.5. The molecule has 2 aromatic rings. The van der Waals surface area contributed by atoms with Crippen molar-refractivity contribution in [3.8, 4) is 5.75 Å². The van der Waals surface area contributed by atoms with Gasteiger partial charge < -0.3 is 20.3 Å². The number of rotatable bonds is 8. The first-order chi connectivity index (χ1) is 14.2. The van der Waals surface area contributed by atoms with Crippen LogP contribution in [0.2, 0.25) is 0 Å². The molecule has 1 saturated heterocycles. The van der Waals surface area contributed by atoms with Crippen LogP contribution in [0.5, 0.6) is 5.75 Å². The normalized spacial score (nSPS) is 14.4. The third kappa shape index (κ3) is 6.42. The van der Waals surface area contributed by atoms with E-state index in [2.05, 4.69) is 10.6 Å². The van der Waals surface area contributed by atoms with Crippen LogP contribution in [0.15, 0.2) is 48.5 Å². The lowest BCUT2D eigenvalue weighted by Gasteiger charge is -2.35. The topological polar surface area (TPSA) is 53.6 Å². The van der Waals surface area contributed by atoms with Gasteiger partial charge in [0.05, 0.1) is 0 Å². The molecule has 0 saturated carbocycles. The average Bonchev–Trinajstić information content (AvgIpc) is 2.77. The molecule has 29 heavy (non-hydrogen) atoms. The second kappa shape index (κ2) is 10.8. The molecule has 2 N–H and O–H groups in total. The van der Waals surface area contributed by atoms with Gasteiger partial charge in [-0.05, 0) is 61.3 Å². The lowest BCUT2D eigenvalue weighted by atomic mass is 10.0. The third-order valence-electron chi connectivity index (χ3n) is 4.99. The largest absolute Gasteiger partial charge is 0.491 e. The molecular weight excluding hydrogens is 376 g/mol. The van der Waals surface area contributed by atoms with E-state index in [1.165, 1.54) is 12.1 Å². The molecule has 1 heterocycles. The van der Waals surface area contributed by atoms with Crippen molar-refractivity contribution in [2.75, 3.05) is 26.4 Å². The predicted molar refractivity (Wildman–Crippen MR) is 108 cm³/mol. The van der Waals surface area contributed by atoms with Crippen LogP contribution in [0.4, 0.5) is 13.6 Å². The van der Waals surface area contributed by atoms with Crippen LogP contribution in [0.3, 0.4) is 0 Å². The number of amides is 2. The summed E-state index contributed by atoms with van der Waals surface area (Å²) < 4.78 is 30.6. The zero-order chi connectivity index (χ0) is 20.5. The molecule has 3 rings (SSSR count). The van der Waals surface area contributed by atoms with Crippen LogP contribution in [-0.4, -0.2) is 43.3 Å². The number of nitrogens with zero attached hydrogens (tertiary/aromatic N) is 1. The van der Waals surface area contributed by atoms with Gasteiger partial charge >= 0.3 is 6.03 Å². The first-order valence-corrected chi connectivity index (χ1v) is 9.93. The average molecular weight is 403 g/mol. The highest BCUT2D eigenvalue weighted by Gasteiger charge is 2.25. The molecule has 0 radical (unpaired) electrons. The molecule has 1 fully saturated rings. The highest BCUT2D eigenvalue weighted by molar-refractivity contribution is 5.74. The fourth-order valence-corrected chi connectivity index (χ4v) is 3.41. The summed E-state index contributed by atoms with van der Waals surface area (Å²) in [7, 11) is 0. The molecule has 0 aromatic heterocycles.